The first-order valence-electron chi connectivity index (χ1n) is 6.55. The van der Waals surface area contributed by atoms with Crippen molar-refractivity contribution in [2.75, 3.05) is 14.2 Å². The number of aromatic carboxylic acids is 1. The van der Waals surface area contributed by atoms with Gasteiger partial charge in [0.05, 0.1) is 19.8 Å². The first-order chi connectivity index (χ1) is 9.97. The second-order valence-electron chi connectivity index (χ2n) is 4.88. The number of carboxylic acid groups (broad SMARTS) is 1. The van der Waals surface area contributed by atoms with Gasteiger partial charge in [-0.3, -0.25) is 0 Å². The van der Waals surface area contributed by atoms with E-state index in [2.05, 4.69) is 0 Å². The number of hydrogen-bond donors (Lipinski definition) is 1. The van der Waals surface area contributed by atoms with Gasteiger partial charge >= 0.3 is 5.97 Å². The monoisotopic (exact) mass is 286 g/mol. The van der Waals surface area contributed by atoms with Gasteiger partial charge in [-0.05, 0) is 49.2 Å². The molecular weight excluding hydrogens is 268 g/mol. The minimum atomic E-state index is -0.995. The van der Waals surface area contributed by atoms with Gasteiger partial charge < -0.3 is 14.6 Å². The van der Waals surface area contributed by atoms with Crippen LogP contribution in [0.2, 0.25) is 0 Å². The summed E-state index contributed by atoms with van der Waals surface area (Å²) in [5, 5.41) is 9.46. The van der Waals surface area contributed by atoms with Gasteiger partial charge in [-0.1, -0.05) is 6.07 Å². The minimum absolute atomic E-state index is 0.194. The summed E-state index contributed by atoms with van der Waals surface area (Å²) in [4.78, 5) is 11.5. The van der Waals surface area contributed by atoms with Crippen molar-refractivity contribution in [2.24, 2.45) is 0 Å². The van der Waals surface area contributed by atoms with Crippen LogP contribution >= 0.6 is 0 Å². The highest BCUT2D eigenvalue weighted by molar-refractivity contribution is 5.98. The van der Waals surface area contributed by atoms with E-state index in [0.29, 0.717) is 17.1 Å². The first-order valence-corrected chi connectivity index (χ1v) is 6.55. The maximum Gasteiger partial charge on any atom is 0.336 e. The fourth-order valence-corrected chi connectivity index (χ4v) is 2.48. The average Bonchev–Trinajstić information content (AvgIpc) is 2.45. The average molecular weight is 286 g/mol. The van der Waals surface area contributed by atoms with E-state index in [0.717, 1.165) is 16.7 Å². The van der Waals surface area contributed by atoms with Gasteiger partial charge in [0.1, 0.15) is 11.5 Å². The third-order valence-corrected chi connectivity index (χ3v) is 3.39. The molecule has 0 aliphatic carbocycles. The maximum absolute atomic E-state index is 11.5. The third-order valence-electron chi connectivity index (χ3n) is 3.39. The molecule has 0 spiro atoms. The summed E-state index contributed by atoms with van der Waals surface area (Å²) in [6.07, 6.45) is 0. The van der Waals surface area contributed by atoms with E-state index in [1.165, 1.54) is 13.2 Å². The van der Waals surface area contributed by atoms with Crippen molar-refractivity contribution < 1.29 is 19.4 Å². The third kappa shape index (κ3) is 2.84. The van der Waals surface area contributed by atoms with E-state index in [1.54, 1.807) is 19.2 Å². The van der Waals surface area contributed by atoms with Crippen molar-refractivity contribution in [2.45, 2.75) is 13.8 Å². The van der Waals surface area contributed by atoms with E-state index in [-0.39, 0.29) is 5.56 Å². The molecule has 0 saturated carbocycles. The summed E-state index contributed by atoms with van der Waals surface area (Å²) >= 11 is 0. The number of carboxylic acids is 1. The highest BCUT2D eigenvalue weighted by Gasteiger charge is 2.18. The Morgan fingerprint density at radius 3 is 2.33 bits per heavy atom. The lowest BCUT2D eigenvalue weighted by Crippen LogP contribution is -2.02. The molecule has 0 bridgehead atoms. The van der Waals surface area contributed by atoms with Crippen molar-refractivity contribution >= 4 is 5.97 Å². The van der Waals surface area contributed by atoms with Crippen LogP contribution < -0.4 is 9.47 Å². The minimum Gasteiger partial charge on any atom is -0.497 e. The van der Waals surface area contributed by atoms with Gasteiger partial charge in [-0.25, -0.2) is 4.79 Å². The molecular formula is C17H18O4. The molecule has 0 aliphatic heterocycles. The molecule has 0 heterocycles. The van der Waals surface area contributed by atoms with Crippen LogP contribution in [0.1, 0.15) is 21.5 Å². The van der Waals surface area contributed by atoms with Gasteiger partial charge in [-0.2, -0.15) is 0 Å². The van der Waals surface area contributed by atoms with E-state index in [9.17, 15) is 9.90 Å². The van der Waals surface area contributed by atoms with Crippen molar-refractivity contribution in [1.29, 1.82) is 0 Å². The molecule has 4 nitrogen and oxygen atoms in total. The Kier molecular flexibility index (Phi) is 4.17. The number of benzene rings is 2. The zero-order chi connectivity index (χ0) is 15.6. The zero-order valence-electron chi connectivity index (χ0n) is 12.6. The Balaban J connectivity index is 2.75. The molecule has 0 amide bonds. The molecule has 0 unspecified atom stereocenters. The number of aryl methyl sites for hydroxylation is 2. The van der Waals surface area contributed by atoms with Crippen molar-refractivity contribution in [3.63, 3.8) is 0 Å². The predicted octanol–water partition coefficient (Wildman–Crippen LogP) is 3.69. The fourth-order valence-electron chi connectivity index (χ4n) is 2.48. The quantitative estimate of drug-likeness (QED) is 0.931. The highest BCUT2D eigenvalue weighted by atomic mass is 16.5. The second-order valence-corrected chi connectivity index (χ2v) is 4.88. The van der Waals surface area contributed by atoms with E-state index >= 15 is 0 Å². The maximum atomic E-state index is 11.5. The molecule has 2 rings (SSSR count). The predicted molar refractivity (Wildman–Crippen MR) is 81.4 cm³/mol. The Hall–Kier alpha value is -2.49. The van der Waals surface area contributed by atoms with Gasteiger partial charge in [0.2, 0.25) is 0 Å². The Morgan fingerprint density at radius 2 is 1.76 bits per heavy atom. The van der Waals surface area contributed by atoms with Crippen LogP contribution in [0.4, 0.5) is 0 Å². The molecule has 0 aromatic heterocycles. The molecule has 1 N–H and O–H groups in total. The molecule has 0 fully saturated rings. The largest absolute Gasteiger partial charge is 0.497 e. The number of methoxy groups -OCH3 is 2. The van der Waals surface area contributed by atoms with Crippen LogP contribution in [0.5, 0.6) is 11.5 Å². The van der Waals surface area contributed by atoms with Crippen molar-refractivity contribution in [3.05, 3.63) is 47.0 Å². The molecule has 2 aromatic rings. The zero-order valence-corrected chi connectivity index (χ0v) is 12.6. The SMILES string of the molecule is COc1ccc(-c2c(C)cc(C)cc2OC)c(C(=O)O)c1. The molecule has 0 radical (unpaired) electrons. The van der Waals surface area contributed by atoms with Crippen molar-refractivity contribution in [3.8, 4) is 22.6 Å². The summed E-state index contributed by atoms with van der Waals surface area (Å²) in [7, 11) is 3.10. The van der Waals surface area contributed by atoms with Gasteiger partial charge in [-0.15, -0.1) is 0 Å². The van der Waals surface area contributed by atoms with Crippen LogP contribution in [0, 0.1) is 13.8 Å². The topological polar surface area (TPSA) is 55.8 Å². The molecule has 0 aliphatic rings. The molecule has 4 heteroatoms. The smallest absolute Gasteiger partial charge is 0.336 e. The van der Waals surface area contributed by atoms with Gasteiger partial charge in [0.25, 0.3) is 0 Å². The number of rotatable bonds is 4. The second kappa shape index (κ2) is 5.87. The van der Waals surface area contributed by atoms with E-state index < -0.39 is 5.97 Å². The number of ether oxygens (including phenoxy) is 2. The van der Waals surface area contributed by atoms with Gasteiger partial charge in [0, 0.05) is 11.1 Å². The lowest BCUT2D eigenvalue weighted by Gasteiger charge is -2.16. The normalized spacial score (nSPS) is 10.3. The summed E-state index contributed by atoms with van der Waals surface area (Å²) in [5.74, 6) is 0.186. The molecule has 0 saturated heterocycles. The Labute approximate surface area is 123 Å². The Morgan fingerprint density at radius 1 is 1.05 bits per heavy atom. The van der Waals surface area contributed by atoms with Crippen molar-refractivity contribution in [1.82, 2.24) is 0 Å². The molecule has 0 atom stereocenters. The molecule has 110 valence electrons. The summed E-state index contributed by atoms with van der Waals surface area (Å²) in [5.41, 5.74) is 3.65. The van der Waals surface area contributed by atoms with Crippen LogP contribution in [0.3, 0.4) is 0 Å². The van der Waals surface area contributed by atoms with Gasteiger partial charge in [0.15, 0.2) is 0 Å². The standard InChI is InChI=1S/C17H18O4/c1-10-7-11(2)16(15(8-10)21-4)13-6-5-12(20-3)9-14(13)17(18)19/h5-9H,1-4H3,(H,18,19). The molecule has 2 aromatic carbocycles. The van der Waals surface area contributed by atoms with Crippen LogP contribution in [0.25, 0.3) is 11.1 Å². The summed E-state index contributed by atoms with van der Waals surface area (Å²) < 4.78 is 10.5. The number of carbonyl (C=O) groups is 1. The van der Waals surface area contributed by atoms with Crippen LogP contribution in [0.15, 0.2) is 30.3 Å². The van der Waals surface area contributed by atoms with Crippen LogP contribution in [-0.2, 0) is 0 Å². The van der Waals surface area contributed by atoms with Crippen LogP contribution in [-0.4, -0.2) is 25.3 Å². The lowest BCUT2D eigenvalue weighted by atomic mass is 9.93. The fraction of sp³-hybridized carbons (Fsp3) is 0.235. The highest BCUT2D eigenvalue weighted by Crippen LogP contribution is 2.37. The van der Waals surface area contributed by atoms with E-state index in [4.69, 9.17) is 9.47 Å². The Bertz CT molecular complexity index is 689. The van der Waals surface area contributed by atoms with E-state index in [1.807, 2.05) is 26.0 Å². The summed E-state index contributed by atoms with van der Waals surface area (Å²) in [6, 6.07) is 8.94. The summed E-state index contributed by atoms with van der Waals surface area (Å²) in [6.45, 7) is 3.92. The first kappa shape index (κ1) is 14.9. The lowest BCUT2D eigenvalue weighted by molar-refractivity contribution is 0.0697. The number of hydrogen-bond acceptors (Lipinski definition) is 3. The molecule has 21 heavy (non-hydrogen) atoms.